The summed E-state index contributed by atoms with van der Waals surface area (Å²) < 4.78 is 20.3. The predicted molar refractivity (Wildman–Crippen MR) is 119 cm³/mol. The molecule has 146 valence electrons. The van der Waals surface area contributed by atoms with Gasteiger partial charge in [0.05, 0.1) is 6.61 Å². The second-order valence-electron chi connectivity index (χ2n) is 6.75. The highest BCUT2D eigenvalue weighted by Crippen LogP contribution is 2.59. The largest absolute Gasteiger partial charge is 0.378 e. The van der Waals surface area contributed by atoms with Crippen molar-refractivity contribution in [1.82, 2.24) is 0 Å². The summed E-state index contributed by atoms with van der Waals surface area (Å²) >= 11 is 0. The summed E-state index contributed by atoms with van der Waals surface area (Å²) in [6, 6.07) is 27.5. The minimum absolute atomic E-state index is 0.368. The molecule has 0 saturated carbocycles. The molecule has 2 atom stereocenters. The van der Waals surface area contributed by atoms with Crippen molar-refractivity contribution in [2.75, 3.05) is 30.9 Å². The number of para-hydroxylation sites is 1. The molecule has 4 nitrogen and oxygen atoms in total. The van der Waals surface area contributed by atoms with Gasteiger partial charge in [-0.1, -0.05) is 48.5 Å². The fraction of sp³-hybridized carbons (Fsp3) is 0.217. The van der Waals surface area contributed by atoms with Crippen molar-refractivity contribution in [1.29, 1.82) is 0 Å². The molecule has 0 heterocycles. The first-order valence-electron chi connectivity index (χ1n) is 9.43. The molecule has 0 radical (unpaired) electrons. The van der Waals surface area contributed by atoms with Gasteiger partial charge in [-0.05, 0) is 48.9 Å². The Bertz CT molecular complexity index is 912. The molecule has 28 heavy (non-hydrogen) atoms. The third-order valence-electron chi connectivity index (χ3n) is 4.58. The molecule has 0 fully saturated rings. The Balaban J connectivity index is 2.08. The van der Waals surface area contributed by atoms with Gasteiger partial charge >= 0.3 is 0 Å². The smallest absolute Gasteiger partial charge is 0.258 e. The van der Waals surface area contributed by atoms with Crippen molar-refractivity contribution in [3.05, 3.63) is 90.5 Å². The van der Waals surface area contributed by atoms with Crippen molar-refractivity contribution in [3.63, 3.8) is 0 Å². The van der Waals surface area contributed by atoms with E-state index >= 15 is 0 Å². The van der Waals surface area contributed by atoms with Crippen LogP contribution in [0.3, 0.4) is 0 Å². The summed E-state index contributed by atoms with van der Waals surface area (Å²) in [5.74, 6) is -0.485. The Morgan fingerprint density at radius 3 is 2.00 bits per heavy atom. The molecule has 0 unspecified atom stereocenters. The Morgan fingerprint density at radius 1 is 0.893 bits per heavy atom. The zero-order valence-electron chi connectivity index (χ0n) is 16.6. The molecule has 0 aliphatic carbocycles. The van der Waals surface area contributed by atoms with Gasteiger partial charge in [0.2, 0.25) is 0 Å². The van der Waals surface area contributed by atoms with Gasteiger partial charge in [0.15, 0.2) is 0 Å². The zero-order chi connectivity index (χ0) is 20.0. The van der Waals surface area contributed by atoms with Gasteiger partial charge in [0.25, 0.3) is 7.37 Å². The number of nitrogens with one attached hydrogen (secondary N) is 1. The van der Waals surface area contributed by atoms with E-state index in [1.807, 2.05) is 111 Å². The number of hydrogen-bond acceptors (Lipinski definition) is 4. The third kappa shape index (κ3) is 4.46. The van der Waals surface area contributed by atoms with Crippen molar-refractivity contribution < 1.29 is 9.09 Å². The molecule has 3 rings (SSSR count). The Hall–Kier alpha value is -2.55. The lowest BCUT2D eigenvalue weighted by molar-refractivity contribution is 0.335. The lowest BCUT2D eigenvalue weighted by Gasteiger charge is -2.30. The number of rotatable bonds is 8. The van der Waals surface area contributed by atoms with E-state index in [4.69, 9.17) is 4.52 Å². The quantitative estimate of drug-likeness (QED) is 0.512. The molecule has 3 aromatic carbocycles. The maximum absolute atomic E-state index is 14.3. The van der Waals surface area contributed by atoms with Crippen LogP contribution in [0.25, 0.3) is 0 Å². The Kier molecular flexibility index (Phi) is 6.56. The standard InChI is InChI=1S/C23H27N2O2P/c1-4-27-28(26,22-17-15-21(16-18-22)25(2)3)23(19-11-7-5-8-12-19)24-20-13-9-6-10-14-20/h5-18,23-24H,4H2,1-3H3/t23-,28-/m1/s1. The summed E-state index contributed by atoms with van der Waals surface area (Å²) in [6.45, 7) is 2.25. The summed E-state index contributed by atoms with van der Waals surface area (Å²) in [7, 11) is 0.725. The first kappa shape index (κ1) is 20.2. The van der Waals surface area contributed by atoms with E-state index in [2.05, 4.69) is 5.32 Å². The van der Waals surface area contributed by atoms with E-state index in [0.29, 0.717) is 11.9 Å². The summed E-state index contributed by atoms with van der Waals surface area (Å²) in [4.78, 5) is 2.02. The molecule has 0 bridgehead atoms. The summed E-state index contributed by atoms with van der Waals surface area (Å²) in [5.41, 5.74) is 2.89. The summed E-state index contributed by atoms with van der Waals surface area (Å²) in [6.07, 6.45) is 0. The van der Waals surface area contributed by atoms with Crippen LogP contribution in [-0.2, 0) is 9.09 Å². The van der Waals surface area contributed by atoms with Gasteiger partial charge in [-0.2, -0.15) is 0 Å². The summed E-state index contributed by atoms with van der Waals surface area (Å²) in [5, 5.41) is 4.16. The van der Waals surface area contributed by atoms with Crippen LogP contribution in [0.2, 0.25) is 0 Å². The molecule has 0 saturated heterocycles. The van der Waals surface area contributed by atoms with Crippen molar-refractivity contribution in [2.24, 2.45) is 0 Å². The average Bonchev–Trinajstić information content (AvgIpc) is 2.73. The highest BCUT2D eigenvalue weighted by molar-refractivity contribution is 7.67. The van der Waals surface area contributed by atoms with E-state index in [1.54, 1.807) is 0 Å². The molecule has 3 aromatic rings. The van der Waals surface area contributed by atoms with Crippen LogP contribution in [0.15, 0.2) is 84.9 Å². The minimum Gasteiger partial charge on any atom is -0.378 e. The second kappa shape index (κ2) is 9.09. The van der Waals surface area contributed by atoms with E-state index in [9.17, 15) is 4.57 Å². The lowest BCUT2D eigenvalue weighted by Crippen LogP contribution is -2.21. The zero-order valence-corrected chi connectivity index (χ0v) is 17.5. The molecule has 0 spiro atoms. The monoisotopic (exact) mass is 394 g/mol. The van der Waals surface area contributed by atoms with Crippen LogP contribution < -0.4 is 15.5 Å². The molecule has 0 amide bonds. The van der Waals surface area contributed by atoms with Gasteiger partial charge in [-0.15, -0.1) is 0 Å². The van der Waals surface area contributed by atoms with Gasteiger partial charge in [-0.25, -0.2) is 0 Å². The normalized spacial score (nSPS) is 14.1. The molecule has 0 aliphatic rings. The molecule has 0 aliphatic heterocycles. The van der Waals surface area contributed by atoms with Gasteiger partial charge in [0, 0.05) is 30.8 Å². The maximum atomic E-state index is 14.3. The van der Waals surface area contributed by atoms with E-state index < -0.39 is 13.2 Å². The van der Waals surface area contributed by atoms with Crippen LogP contribution in [-0.4, -0.2) is 20.7 Å². The van der Waals surface area contributed by atoms with Gasteiger partial charge in [0.1, 0.15) is 5.78 Å². The van der Waals surface area contributed by atoms with Crippen LogP contribution >= 0.6 is 7.37 Å². The van der Waals surface area contributed by atoms with Crippen molar-refractivity contribution >= 4 is 24.0 Å². The number of benzene rings is 3. The maximum Gasteiger partial charge on any atom is 0.258 e. The van der Waals surface area contributed by atoms with E-state index in [1.165, 1.54) is 0 Å². The molecular weight excluding hydrogens is 367 g/mol. The van der Waals surface area contributed by atoms with Crippen LogP contribution in [0.1, 0.15) is 18.3 Å². The Labute approximate surface area is 167 Å². The van der Waals surface area contributed by atoms with E-state index in [0.717, 1.165) is 16.9 Å². The van der Waals surface area contributed by atoms with Crippen LogP contribution in [0.5, 0.6) is 0 Å². The average molecular weight is 394 g/mol. The molecule has 5 heteroatoms. The lowest BCUT2D eigenvalue weighted by atomic mass is 10.2. The van der Waals surface area contributed by atoms with Crippen LogP contribution in [0, 0.1) is 0 Å². The number of hydrogen-bond donors (Lipinski definition) is 1. The fourth-order valence-electron chi connectivity index (χ4n) is 3.14. The first-order chi connectivity index (χ1) is 13.5. The fourth-order valence-corrected chi connectivity index (χ4v) is 5.57. The van der Waals surface area contributed by atoms with Crippen molar-refractivity contribution in [2.45, 2.75) is 12.7 Å². The highest BCUT2D eigenvalue weighted by atomic mass is 31.2. The highest BCUT2D eigenvalue weighted by Gasteiger charge is 2.37. The second-order valence-corrected chi connectivity index (χ2v) is 9.23. The van der Waals surface area contributed by atoms with Gasteiger partial charge in [-0.3, -0.25) is 4.57 Å². The van der Waals surface area contributed by atoms with Crippen LogP contribution in [0.4, 0.5) is 11.4 Å². The third-order valence-corrected chi connectivity index (χ3v) is 7.35. The van der Waals surface area contributed by atoms with Crippen molar-refractivity contribution in [3.8, 4) is 0 Å². The minimum atomic E-state index is -3.25. The topological polar surface area (TPSA) is 41.6 Å². The van der Waals surface area contributed by atoms with Gasteiger partial charge < -0.3 is 14.7 Å². The van der Waals surface area contributed by atoms with E-state index in [-0.39, 0.29) is 0 Å². The first-order valence-corrected chi connectivity index (χ1v) is 11.1. The SMILES string of the molecule is CCO[P@](=O)(c1ccc(N(C)C)cc1)[C@@H](Nc1ccccc1)c1ccccc1. The predicted octanol–water partition coefficient (Wildman–Crippen LogP) is 5.50. The molecule has 1 N–H and O–H groups in total. The molecule has 0 aromatic heterocycles. The Morgan fingerprint density at radius 2 is 1.46 bits per heavy atom. The number of anilines is 2. The number of nitrogens with zero attached hydrogens (tertiary/aromatic N) is 1. The molecular formula is C23H27N2O2P.